The highest BCUT2D eigenvalue weighted by atomic mass is 16.6. The lowest BCUT2D eigenvalue weighted by Crippen LogP contribution is -2.28. The highest BCUT2D eigenvalue weighted by molar-refractivity contribution is 5.89. The molecule has 1 N–H and O–H groups in total. The lowest BCUT2D eigenvalue weighted by atomic mass is 10.2. The zero-order valence-electron chi connectivity index (χ0n) is 15.5. The molecule has 1 amide bonds. The van der Waals surface area contributed by atoms with E-state index in [0.29, 0.717) is 37.0 Å². The van der Waals surface area contributed by atoms with Gasteiger partial charge in [-0.1, -0.05) is 18.2 Å². The molecule has 0 spiro atoms. The number of carbonyl (C=O) groups is 2. The number of benzene rings is 2. The average molecular weight is 383 g/mol. The molecule has 0 saturated heterocycles. The van der Waals surface area contributed by atoms with Gasteiger partial charge < -0.3 is 24.3 Å². The summed E-state index contributed by atoms with van der Waals surface area (Å²) in [4.78, 5) is 23.6. The van der Waals surface area contributed by atoms with Crippen molar-refractivity contribution in [3.63, 3.8) is 0 Å². The Kier molecular flexibility index (Phi) is 6.51. The Morgan fingerprint density at radius 2 is 1.93 bits per heavy atom. The minimum Gasteiger partial charge on any atom is -0.497 e. The summed E-state index contributed by atoms with van der Waals surface area (Å²) in [5, 5.41) is 2.69. The largest absolute Gasteiger partial charge is 0.497 e. The lowest BCUT2D eigenvalue weighted by Gasteiger charge is -2.18. The highest BCUT2D eigenvalue weighted by Gasteiger charge is 2.11. The summed E-state index contributed by atoms with van der Waals surface area (Å²) in [6, 6.07) is 12.7. The Labute approximate surface area is 162 Å². The van der Waals surface area contributed by atoms with E-state index in [1.165, 1.54) is 6.08 Å². The molecule has 7 nitrogen and oxygen atoms in total. The molecule has 2 aromatic rings. The number of ether oxygens (including phenoxy) is 4. The number of hydrogen-bond acceptors (Lipinski definition) is 6. The number of esters is 1. The van der Waals surface area contributed by atoms with Gasteiger partial charge in [-0.05, 0) is 41.5 Å². The van der Waals surface area contributed by atoms with Crippen molar-refractivity contribution in [3.8, 4) is 17.2 Å². The van der Waals surface area contributed by atoms with Crippen LogP contribution in [0.5, 0.6) is 17.2 Å². The molecular weight excluding hydrogens is 362 g/mol. The number of fused-ring (bicyclic) bond motifs is 1. The van der Waals surface area contributed by atoms with Gasteiger partial charge in [-0.2, -0.15) is 0 Å². The lowest BCUT2D eigenvalue weighted by molar-refractivity contribution is -0.143. The summed E-state index contributed by atoms with van der Waals surface area (Å²) in [6.07, 6.45) is 2.86. The van der Waals surface area contributed by atoms with E-state index >= 15 is 0 Å². The van der Waals surface area contributed by atoms with Crippen LogP contribution in [0.25, 0.3) is 6.08 Å². The minimum atomic E-state index is -0.605. The molecule has 0 saturated carbocycles. The molecule has 1 aliphatic heterocycles. The first-order valence-corrected chi connectivity index (χ1v) is 8.78. The molecule has 0 atom stereocenters. The van der Waals surface area contributed by atoms with E-state index in [0.717, 1.165) is 11.1 Å². The van der Waals surface area contributed by atoms with Crippen LogP contribution in [0.3, 0.4) is 0 Å². The Bertz CT molecular complexity index is 877. The second-order valence-corrected chi connectivity index (χ2v) is 5.97. The van der Waals surface area contributed by atoms with E-state index in [9.17, 15) is 9.59 Å². The normalized spacial score (nSPS) is 12.5. The monoisotopic (exact) mass is 383 g/mol. The Hall–Kier alpha value is -3.48. The van der Waals surface area contributed by atoms with Crippen LogP contribution in [0, 0.1) is 0 Å². The van der Waals surface area contributed by atoms with Crippen LogP contribution in [0.4, 0.5) is 0 Å². The SMILES string of the molecule is COc1cccc(CNC(=O)COC(=O)/C=C/c2ccc3c(c2)OCCO3)c1. The number of amides is 1. The number of rotatable bonds is 7. The molecule has 1 heterocycles. The second kappa shape index (κ2) is 9.45. The van der Waals surface area contributed by atoms with E-state index in [2.05, 4.69) is 5.32 Å². The summed E-state index contributed by atoms with van der Waals surface area (Å²) >= 11 is 0. The molecule has 1 aliphatic rings. The van der Waals surface area contributed by atoms with Gasteiger partial charge in [-0.25, -0.2) is 4.79 Å². The van der Waals surface area contributed by atoms with Crippen LogP contribution >= 0.6 is 0 Å². The average Bonchev–Trinajstić information content (AvgIpc) is 2.74. The first kappa shape index (κ1) is 19.3. The van der Waals surface area contributed by atoms with Gasteiger partial charge in [0.05, 0.1) is 7.11 Å². The minimum absolute atomic E-state index is 0.320. The Morgan fingerprint density at radius 3 is 2.75 bits per heavy atom. The number of nitrogens with one attached hydrogen (secondary N) is 1. The summed E-state index contributed by atoms with van der Waals surface area (Å²) in [5.41, 5.74) is 1.65. The maximum absolute atomic E-state index is 11.8. The Balaban J connectivity index is 1.43. The quantitative estimate of drug-likeness (QED) is 0.584. The first-order chi connectivity index (χ1) is 13.6. The third-order valence-electron chi connectivity index (χ3n) is 3.95. The molecule has 2 aromatic carbocycles. The fourth-order valence-electron chi connectivity index (χ4n) is 2.55. The maximum Gasteiger partial charge on any atom is 0.331 e. The van der Waals surface area contributed by atoms with Crippen molar-refractivity contribution < 1.29 is 28.5 Å². The van der Waals surface area contributed by atoms with Crippen molar-refractivity contribution >= 4 is 18.0 Å². The summed E-state index contributed by atoms with van der Waals surface area (Å²) in [6.45, 7) is 0.983. The molecule has 28 heavy (non-hydrogen) atoms. The molecule has 0 fully saturated rings. The molecule has 146 valence electrons. The van der Waals surface area contributed by atoms with Gasteiger partial charge in [0.2, 0.25) is 0 Å². The van der Waals surface area contributed by atoms with E-state index < -0.39 is 5.97 Å². The number of hydrogen-bond donors (Lipinski definition) is 1. The molecule has 0 unspecified atom stereocenters. The van der Waals surface area contributed by atoms with Crippen LogP contribution in [-0.2, 0) is 20.9 Å². The number of methoxy groups -OCH3 is 1. The Morgan fingerprint density at radius 1 is 1.11 bits per heavy atom. The molecule has 0 radical (unpaired) electrons. The smallest absolute Gasteiger partial charge is 0.331 e. The van der Waals surface area contributed by atoms with Crippen LogP contribution < -0.4 is 19.5 Å². The first-order valence-electron chi connectivity index (χ1n) is 8.78. The fraction of sp³-hybridized carbons (Fsp3) is 0.238. The third kappa shape index (κ3) is 5.51. The predicted molar refractivity (Wildman–Crippen MR) is 102 cm³/mol. The van der Waals surface area contributed by atoms with Gasteiger partial charge in [0, 0.05) is 12.6 Å². The highest BCUT2D eigenvalue weighted by Crippen LogP contribution is 2.31. The van der Waals surface area contributed by atoms with Crippen molar-refractivity contribution in [1.82, 2.24) is 5.32 Å². The van der Waals surface area contributed by atoms with Crippen molar-refractivity contribution in [2.75, 3.05) is 26.9 Å². The van der Waals surface area contributed by atoms with Gasteiger partial charge >= 0.3 is 5.97 Å². The summed E-state index contributed by atoms with van der Waals surface area (Å²) < 4.78 is 21.0. The van der Waals surface area contributed by atoms with Crippen LogP contribution in [0.15, 0.2) is 48.5 Å². The zero-order chi connectivity index (χ0) is 19.8. The van der Waals surface area contributed by atoms with Crippen molar-refractivity contribution in [2.45, 2.75) is 6.54 Å². The molecule has 0 bridgehead atoms. The van der Waals surface area contributed by atoms with Gasteiger partial charge in [0.25, 0.3) is 5.91 Å². The molecule has 0 aliphatic carbocycles. The van der Waals surface area contributed by atoms with Crippen LogP contribution in [0.1, 0.15) is 11.1 Å². The standard InChI is InChI=1S/C21H21NO6/c1-25-17-4-2-3-16(11-17)13-22-20(23)14-28-21(24)8-6-15-5-7-18-19(12-15)27-10-9-26-18/h2-8,11-12H,9-10,13-14H2,1H3,(H,22,23)/b8-6+. The molecule has 7 heteroatoms. The molecule has 3 rings (SSSR count). The van der Waals surface area contributed by atoms with Crippen molar-refractivity contribution in [1.29, 1.82) is 0 Å². The van der Waals surface area contributed by atoms with Crippen LogP contribution in [0.2, 0.25) is 0 Å². The van der Waals surface area contributed by atoms with Gasteiger partial charge in [0.1, 0.15) is 19.0 Å². The van der Waals surface area contributed by atoms with Crippen molar-refractivity contribution in [3.05, 3.63) is 59.7 Å². The van der Waals surface area contributed by atoms with Gasteiger partial charge in [-0.15, -0.1) is 0 Å². The van der Waals surface area contributed by atoms with E-state index in [1.54, 1.807) is 31.4 Å². The molecule has 0 aromatic heterocycles. The maximum atomic E-state index is 11.8. The summed E-state index contributed by atoms with van der Waals surface area (Å²) in [7, 11) is 1.58. The topological polar surface area (TPSA) is 83.1 Å². The van der Waals surface area contributed by atoms with Gasteiger partial charge in [-0.3, -0.25) is 4.79 Å². The van der Waals surface area contributed by atoms with Crippen molar-refractivity contribution in [2.24, 2.45) is 0 Å². The summed E-state index contributed by atoms with van der Waals surface area (Å²) in [5.74, 6) is 1.04. The fourth-order valence-corrected chi connectivity index (χ4v) is 2.55. The third-order valence-corrected chi connectivity index (χ3v) is 3.95. The van der Waals surface area contributed by atoms with E-state index in [1.807, 2.05) is 24.3 Å². The molecular formula is C21H21NO6. The van der Waals surface area contributed by atoms with Crippen LogP contribution in [-0.4, -0.2) is 38.8 Å². The predicted octanol–water partition coefficient (Wildman–Crippen LogP) is 2.34. The zero-order valence-corrected chi connectivity index (χ0v) is 15.5. The second-order valence-electron chi connectivity index (χ2n) is 5.97. The number of carbonyl (C=O) groups excluding carboxylic acids is 2. The van der Waals surface area contributed by atoms with E-state index in [-0.39, 0.29) is 12.5 Å². The van der Waals surface area contributed by atoms with Gasteiger partial charge in [0.15, 0.2) is 18.1 Å². The van der Waals surface area contributed by atoms with E-state index in [4.69, 9.17) is 18.9 Å².